The number of aromatic nitrogens is 1. The Kier molecular flexibility index (Phi) is 6.08. The van der Waals surface area contributed by atoms with E-state index in [1.807, 2.05) is 36.4 Å². The Morgan fingerprint density at radius 2 is 1.65 bits per heavy atom. The van der Waals surface area contributed by atoms with Crippen LogP contribution in [-0.4, -0.2) is 20.4 Å². The summed E-state index contributed by atoms with van der Waals surface area (Å²) >= 11 is -2.13. The molecule has 1 aromatic heterocycles. The number of anilines is 1. The normalized spacial score (nSPS) is 12.3. The van der Waals surface area contributed by atoms with E-state index in [0.717, 1.165) is 28.1 Å². The zero-order valence-electron chi connectivity index (χ0n) is 17.6. The summed E-state index contributed by atoms with van der Waals surface area (Å²) in [4.78, 5) is 2.27. The minimum absolute atomic E-state index is 0.389. The van der Waals surface area contributed by atoms with Crippen molar-refractivity contribution >= 4 is 27.9 Å². The third-order valence-electron chi connectivity index (χ3n) is 5.31. The lowest BCUT2D eigenvalue weighted by Crippen LogP contribution is -2.23. The molecule has 0 saturated heterocycles. The molecule has 160 valence electrons. The number of nitrogens with zero attached hydrogens (tertiary/aromatic N) is 1. The van der Waals surface area contributed by atoms with E-state index in [1.54, 1.807) is 7.11 Å². The lowest BCUT2D eigenvalue weighted by Gasteiger charge is -2.10. The Balaban J connectivity index is 1.77. The van der Waals surface area contributed by atoms with Crippen molar-refractivity contribution < 1.29 is 13.5 Å². The SMILES string of the molecule is COc1ccc(-c2ccc3c(C(C)C)cn(-c4ccc(NNS(=O)O)cc4)c3c2)cc1. The second-order valence-corrected chi connectivity index (χ2v) is 8.30. The van der Waals surface area contributed by atoms with Gasteiger partial charge in [-0.15, -0.1) is 4.83 Å². The molecule has 0 saturated carbocycles. The van der Waals surface area contributed by atoms with Crippen LogP contribution in [0.25, 0.3) is 27.7 Å². The maximum absolute atomic E-state index is 10.8. The Morgan fingerprint density at radius 1 is 0.968 bits per heavy atom. The van der Waals surface area contributed by atoms with Gasteiger partial charge in [-0.25, -0.2) is 4.21 Å². The van der Waals surface area contributed by atoms with Crippen LogP contribution in [0.5, 0.6) is 5.75 Å². The molecule has 0 radical (unpaired) electrons. The van der Waals surface area contributed by atoms with Gasteiger partial charge in [0.15, 0.2) is 0 Å². The van der Waals surface area contributed by atoms with Gasteiger partial charge in [-0.2, -0.15) is 0 Å². The smallest absolute Gasteiger partial charge is 0.250 e. The quantitative estimate of drug-likeness (QED) is 0.265. The van der Waals surface area contributed by atoms with Gasteiger partial charge in [0.2, 0.25) is 11.3 Å². The van der Waals surface area contributed by atoms with Crippen LogP contribution in [0.2, 0.25) is 0 Å². The van der Waals surface area contributed by atoms with Gasteiger partial charge in [-0.05, 0) is 65.1 Å². The largest absolute Gasteiger partial charge is 0.497 e. The summed E-state index contributed by atoms with van der Waals surface area (Å²) in [5.41, 5.74) is 9.10. The van der Waals surface area contributed by atoms with Crippen LogP contribution in [-0.2, 0) is 11.3 Å². The number of ether oxygens (including phenoxy) is 1. The molecule has 0 bridgehead atoms. The molecule has 0 aliphatic carbocycles. The summed E-state index contributed by atoms with van der Waals surface area (Å²) in [5, 5.41) is 1.23. The van der Waals surface area contributed by atoms with Gasteiger partial charge in [0, 0.05) is 23.0 Å². The van der Waals surface area contributed by atoms with E-state index in [0.29, 0.717) is 11.6 Å². The van der Waals surface area contributed by atoms with Crippen LogP contribution in [0.3, 0.4) is 0 Å². The fourth-order valence-electron chi connectivity index (χ4n) is 3.70. The predicted molar refractivity (Wildman–Crippen MR) is 127 cm³/mol. The van der Waals surface area contributed by atoms with Gasteiger partial charge in [0.1, 0.15) is 5.75 Å². The highest BCUT2D eigenvalue weighted by molar-refractivity contribution is 7.77. The molecule has 1 atom stereocenters. The molecule has 0 aliphatic rings. The number of hydrazine groups is 1. The number of methoxy groups -OCH3 is 1. The first-order valence-corrected chi connectivity index (χ1v) is 11.1. The first-order chi connectivity index (χ1) is 15.0. The molecule has 6 nitrogen and oxygen atoms in total. The number of nitrogens with one attached hydrogen (secondary N) is 2. The van der Waals surface area contributed by atoms with Crippen LogP contribution in [0.15, 0.2) is 72.9 Å². The Morgan fingerprint density at radius 3 is 2.26 bits per heavy atom. The number of fused-ring (bicyclic) bond motifs is 1. The van der Waals surface area contributed by atoms with Crippen molar-refractivity contribution in [3.8, 4) is 22.6 Å². The molecule has 0 fully saturated rings. The summed E-state index contributed by atoms with van der Waals surface area (Å²) in [6.07, 6.45) is 2.19. The molecule has 7 heteroatoms. The zero-order valence-corrected chi connectivity index (χ0v) is 18.4. The molecular weight excluding hydrogens is 410 g/mol. The Hall–Kier alpha value is -3.13. The van der Waals surface area contributed by atoms with E-state index >= 15 is 0 Å². The molecule has 4 rings (SSSR count). The number of benzene rings is 3. The van der Waals surface area contributed by atoms with Crippen molar-refractivity contribution in [1.29, 1.82) is 0 Å². The van der Waals surface area contributed by atoms with E-state index in [2.05, 4.69) is 65.2 Å². The summed E-state index contributed by atoms with van der Waals surface area (Å²) in [6.45, 7) is 4.40. The first kappa shape index (κ1) is 21.1. The summed E-state index contributed by atoms with van der Waals surface area (Å²) in [6, 6.07) is 22.3. The van der Waals surface area contributed by atoms with Gasteiger partial charge in [0.05, 0.1) is 12.6 Å². The van der Waals surface area contributed by atoms with Crippen LogP contribution < -0.4 is 15.0 Å². The second kappa shape index (κ2) is 8.93. The Labute approximate surface area is 184 Å². The van der Waals surface area contributed by atoms with Crippen LogP contribution in [0.4, 0.5) is 5.69 Å². The summed E-state index contributed by atoms with van der Waals surface area (Å²) < 4.78 is 27.1. The van der Waals surface area contributed by atoms with Crippen LogP contribution >= 0.6 is 0 Å². The molecule has 4 aromatic rings. The topological polar surface area (TPSA) is 75.5 Å². The van der Waals surface area contributed by atoms with Gasteiger partial charge >= 0.3 is 0 Å². The molecule has 1 unspecified atom stereocenters. The van der Waals surface area contributed by atoms with Gasteiger partial charge in [0.25, 0.3) is 0 Å². The van der Waals surface area contributed by atoms with Crippen molar-refractivity contribution in [2.45, 2.75) is 19.8 Å². The monoisotopic (exact) mass is 435 g/mol. The van der Waals surface area contributed by atoms with E-state index in [4.69, 9.17) is 9.29 Å². The molecule has 0 aliphatic heterocycles. The fraction of sp³-hybridized carbons (Fsp3) is 0.167. The zero-order chi connectivity index (χ0) is 22.0. The molecule has 0 spiro atoms. The highest BCUT2D eigenvalue weighted by atomic mass is 32.2. The number of hydrogen-bond donors (Lipinski definition) is 3. The average molecular weight is 436 g/mol. The van der Waals surface area contributed by atoms with Crippen molar-refractivity contribution in [3.63, 3.8) is 0 Å². The van der Waals surface area contributed by atoms with Crippen molar-refractivity contribution in [1.82, 2.24) is 9.40 Å². The van der Waals surface area contributed by atoms with Crippen LogP contribution in [0, 0.1) is 0 Å². The van der Waals surface area contributed by atoms with E-state index in [-0.39, 0.29) is 0 Å². The van der Waals surface area contributed by atoms with E-state index < -0.39 is 11.3 Å². The summed E-state index contributed by atoms with van der Waals surface area (Å²) in [5.74, 6) is 1.23. The Bertz CT molecular complexity index is 1220. The third kappa shape index (κ3) is 4.49. The van der Waals surface area contributed by atoms with Crippen LogP contribution in [0.1, 0.15) is 25.3 Å². The third-order valence-corrected chi connectivity index (χ3v) is 5.59. The number of hydrogen-bond acceptors (Lipinski definition) is 3. The van der Waals surface area contributed by atoms with E-state index in [9.17, 15) is 4.21 Å². The predicted octanol–water partition coefficient (Wildman–Crippen LogP) is 5.48. The first-order valence-electron chi connectivity index (χ1n) is 9.98. The minimum Gasteiger partial charge on any atom is -0.497 e. The number of rotatable bonds is 7. The maximum Gasteiger partial charge on any atom is 0.250 e. The van der Waals surface area contributed by atoms with Crippen molar-refractivity contribution in [3.05, 3.63) is 78.5 Å². The molecule has 3 aromatic carbocycles. The lowest BCUT2D eigenvalue weighted by atomic mass is 9.99. The van der Waals surface area contributed by atoms with Gasteiger partial charge in [-0.3, -0.25) is 4.55 Å². The lowest BCUT2D eigenvalue weighted by molar-refractivity contribution is 0.415. The maximum atomic E-state index is 10.8. The fourth-order valence-corrected chi connectivity index (χ4v) is 3.90. The molecule has 0 amide bonds. The van der Waals surface area contributed by atoms with E-state index in [1.165, 1.54) is 10.9 Å². The second-order valence-electron chi connectivity index (χ2n) is 7.59. The standard InChI is InChI=1S/C24H25N3O3S/c1-16(2)23-15-27(20-9-7-19(8-10-20)25-26-31(28)29)24-14-18(6-13-22(23)24)17-4-11-21(30-3)12-5-17/h4-16,25-26H,1-3H3,(H,28,29). The van der Waals surface area contributed by atoms with Gasteiger partial charge < -0.3 is 14.7 Å². The highest BCUT2D eigenvalue weighted by Gasteiger charge is 2.14. The molecule has 3 N–H and O–H groups in total. The molecular formula is C24H25N3O3S. The summed E-state index contributed by atoms with van der Waals surface area (Å²) in [7, 11) is 1.67. The highest BCUT2D eigenvalue weighted by Crippen LogP contribution is 2.33. The minimum atomic E-state index is -2.13. The van der Waals surface area contributed by atoms with Crippen molar-refractivity contribution in [2.24, 2.45) is 0 Å². The molecule has 31 heavy (non-hydrogen) atoms. The van der Waals surface area contributed by atoms with Gasteiger partial charge in [-0.1, -0.05) is 38.1 Å². The van der Waals surface area contributed by atoms with Crippen molar-refractivity contribution in [2.75, 3.05) is 12.5 Å². The molecule has 1 heterocycles. The average Bonchev–Trinajstić information content (AvgIpc) is 3.17.